The van der Waals surface area contributed by atoms with Gasteiger partial charge in [-0.25, -0.2) is 9.78 Å². The zero-order valence-corrected chi connectivity index (χ0v) is 15.5. The van der Waals surface area contributed by atoms with Crippen LogP contribution in [0.5, 0.6) is 0 Å². The maximum atomic E-state index is 12.0. The SMILES string of the molecule is O=C1OCCN1c1cccc2c1CCN(c1nc3ccccc3cc1CO)C2. The average Bonchev–Trinajstić information content (AvgIpc) is 3.17. The summed E-state index contributed by atoms with van der Waals surface area (Å²) in [6.45, 7) is 2.47. The van der Waals surface area contributed by atoms with E-state index in [0.29, 0.717) is 19.7 Å². The molecule has 1 N–H and O–H groups in total. The number of hydrogen-bond donors (Lipinski definition) is 1. The molecule has 0 aliphatic carbocycles. The third-order valence-corrected chi connectivity index (χ3v) is 5.54. The second-order valence-electron chi connectivity index (χ2n) is 7.17. The van der Waals surface area contributed by atoms with Gasteiger partial charge in [0.25, 0.3) is 0 Å². The molecule has 0 saturated carbocycles. The van der Waals surface area contributed by atoms with Gasteiger partial charge in [0.05, 0.1) is 24.4 Å². The van der Waals surface area contributed by atoms with Gasteiger partial charge in [0, 0.05) is 24.0 Å². The van der Waals surface area contributed by atoms with Crippen LogP contribution in [0.2, 0.25) is 0 Å². The summed E-state index contributed by atoms with van der Waals surface area (Å²) in [5.74, 6) is 0.831. The molecule has 2 aliphatic heterocycles. The molecule has 0 bridgehead atoms. The zero-order chi connectivity index (χ0) is 19.1. The molecule has 0 unspecified atom stereocenters. The largest absolute Gasteiger partial charge is 0.447 e. The molecule has 3 heterocycles. The lowest BCUT2D eigenvalue weighted by molar-refractivity contribution is 0.181. The van der Waals surface area contributed by atoms with Crippen LogP contribution in [0.15, 0.2) is 48.5 Å². The first-order valence-corrected chi connectivity index (χ1v) is 9.54. The number of nitrogens with zero attached hydrogens (tertiary/aromatic N) is 3. The number of fused-ring (bicyclic) bond motifs is 2. The van der Waals surface area contributed by atoms with Crippen LogP contribution in [-0.4, -0.2) is 35.9 Å². The van der Waals surface area contributed by atoms with Crippen molar-refractivity contribution in [2.24, 2.45) is 0 Å². The first-order valence-electron chi connectivity index (χ1n) is 9.54. The number of rotatable bonds is 3. The third kappa shape index (κ3) is 2.77. The maximum Gasteiger partial charge on any atom is 0.414 e. The van der Waals surface area contributed by atoms with E-state index in [9.17, 15) is 9.90 Å². The Morgan fingerprint density at radius 1 is 1.11 bits per heavy atom. The topological polar surface area (TPSA) is 65.9 Å². The van der Waals surface area contributed by atoms with E-state index in [2.05, 4.69) is 11.0 Å². The molecule has 0 atom stereocenters. The van der Waals surface area contributed by atoms with Gasteiger partial charge in [-0.15, -0.1) is 0 Å². The highest BCUT2D eigenvalue weighted by atomic mass is 16.6. The van der Waals surface area contributed by atoms with Gasteiger partial charge < -0.3 is 14.7 Å². The molecule has 5 rings (SSSR count). The molecule has 3 aromatic rings. The third-order valence-electron chi connectivity index (χ3n) is 5.54. The van der Waals surface area contributed by atoms with Crippen LogP contribution in [0.1, 0.15) is 16.7 Å². The van der Waals surface area contributed by atoms with Crippen molar-refractivity contribution in [3.8, 4) is 0 Å². The number of aliphatic hydroxyl groups excluding tert-OH is 1. The molecule has 0 spiro atoms. The zero-order valence-electron chi connectivity index (χ0n) is 15.5. The van der Waals surface area contributed by atoms with Gasteiger partial charge in [0.15, 0.2) is 0 Å². The minimum Gasteiger partial charge on any atom is -0.447 e. The Labute approximate surface area is 163 Å². The fourth-order valence-corrected chi connectivity index (χ4v) is 4.17. The van der Waals surface area contributed by atoms with E-state index >= 15 is 0 Å². The van der Waals surface area contributed by atoms with Crippen molar-refractivity contribution in [1.82, 2.24) is 4.98 Å². The Balaban J connectivity index is 1.51. The maximum absolute atomic E-state index is 12.0. The Kier molecular flexibility index (Phi) is 4.13. The summed E-state index contributed by atoms with van der Waals surface area (Å²) in [6, 6.07) is 16.1. The molecule has 1 aromatic heterocycles. The second-order valence-corrected chi connectivity index (χ2v) is 7.17. The van der Waals surface area contributed by atoms with Gasteiger partial charge in [0.1, 0.15) is 12.4 Å². The summed E-state index contributed by atoms with van der Waals surface area (Å²) < 4.78 is 5.11. The number of cyclic esters (lactones) is 1. The van der Waals surface area contributed by atoms with Gasteiger partial charge in [-0.3, -0.25) is 4.90 Å². The van der Waals surface area contributed by atoms with Gasteiger partial charge in [-0.1, -0.05) is 30.3 Å². The highest BCUT2D eigenvalue weighted by molar-refractivity contribution is 5.90. The Morgan fingerprint density at radius 3 is 2.82 bits per heavy atom. The first-order chi connectivity index (χ1) is 13.7. The summed E-state index contributed by atoms with van der Waals surface area (Å²) in [6.07, 6.45) is 0.545. The molecule has 142 valence electrons. The van der Waals surface area contributed by atoms with E-state index in [1.807, 2.05) is 42.5 Å². The summed E-state index contributed by atoms with van der Waals surface area (Å²) in [7, 11) is 0. The number of carbonyl (C=O) groups excluding carboxylic acids is 1. The highest BCUT2D eigenvalue weighted by Crippen LogP contribution is 2.33. The fraction of sp³-hybridized carbons (Fsp3) is 0.273. The standard InChI is InChI=1S/C22H21N3O3/c26-14-17-12-15-4-1-2-6-19(15)23-21(17)24-9-8-18-16(13-24)5-3-7-20(18)25-10-11-28-22(25)27/h1-7,12,26H,8-11,13-14H2. The van der Waals surface area contributed by atoms with Crippen LogP contribution in [0.3, 0.4) is 0 Å². The van der Waals surface area contributed by atoms with E-state index in [-0.39, 0.29) is 12.7 Å². The lowest BCUT2D eigenvalue weighted by Gasteiger charge is -2.33. The number of pyridine rings is 1. The summed E-state index contributed by atoms with van der Waals surface area (Å²) >= 11 is 0. The van der Waals surface area contributed by atoms with Crippen LogP contribution >= 0.6 is 0 Å². The number of carbonyl (C=O) groups is 1. The minimum atomic E-state index is -0.269. The Morgan fingerprint density at radius 2 is 2.00 bits per heavy atom. The number of aromatic nitrogens is 1. The van der Waals surface area contributed by atoms with E-state index in [1.165, 1.54) is 11.1 Å². The monoisotopic (exact) mass is 375 g/mol. The number of benzene rings is 2. The van der Waals surface area contributed by atoms with Crippen molar-refractivity contribution in [2.75, 3.05) is 29.5 Å². The highest BCUT2D eigenvalue weighted by Gasteiger charge is 2.29. The lowest BCUT2D eigenvalue weighted by Crippen LogP contribution is -2.34. The van der Waals surface area contributed by atoms with Gasteiger partial charge in [-0.2, -0.15) is 0 Å². The minimum absolute atomic E-state index is 0.0455. The van der Waals surface area contributed by atoms with E-state index in [0.717, 1.165) is 40.9 Å². The number of hydrogen-bond acceptors (Lipinski definition) is 5. The van der Waals surface area contributed by atoms with Crippen LogP contribution in [0.25, 0.3) is 10.9 Å². The number of amides is 1. The number of aliphatic hydroxyl groups is 1. The second kappa shape index (κ2) is 6.80. The number of ether oxygens (including phenoxy) is 1. The van der Waals surface area contributed by atoms with Crippen LogP contribution in [-0.2, 0) is 24.3 Å². The van der Waals surface area contributed by atoms with E-state index in [4.69, 9.17) is 9.72 Å². The van der Waals surface area contributed by atoms with Crippen LogP contribution < -0.4 is 9.80 Å². The molecule has 6 nitrogen and oxygen atoms in total. The quantitative estimate of drug-likeness (QED) is 0.761. The van der Waals surface area contributed by atoms with Gasteiger partial charge >= 0.3 is 6.09 Å². The number of anilines is 2. The van der Waals surface area contributed by atoms with E-state index < -0.39 is 0 Å². The molecule has 6 heteroatoms. The van der Waals surface area contributed by atoms with Crippen molar-refractivity contribution in [3.63, 3.8) is 0 Å². The molecule has 28 heavy (non-hydrogen) atoms. The normalized spacial score (nSPS) is 16.4. The van der Waals surface area contributed by atoms with Crippen molar-refractivity contribution in [1.29, 1.82) is 0 Å². The van der Waals surface area contributed by atoms with Crippen molar-refractivity contribution in [2.45, 2.75) is 19.6 Å². The molecule has 2 aliphatic rings. The molecule has 1 fully saturated rings. The molecular weight excluding hydrogens is 354 g/mol. The van der Waals surface area contributed by atoms with Crippen LogP contribution in [0, 0.1) is 0 Å². The lowest BCUT2D eigenvalue weighted by atomic mass is 9.96. The summed E-state index contributed by atoms with van der Waals surface area (Å²) in [5, 5.41) is 10.9. The summed E-state index contributed by atoms with van der Waals surface area (Å²) in [4.78, 5) is 20.8. The van der Waals surface area contributed by atoms with Gasteiger partial charge in [-0.05, 0) is 35.7 Å². The smallest absolute Gasteiger partial charge is 0.414 e. The number of para-hydroxylation sites is 1. The predicted octanol–water partition coefficient (Wildman–Crippen LogP) is 3.25. The van der Waals surface area contributed by atoms with Crippen molar-refractivity contribution >= 4 is 28.5 Å². The fourth-order valence-electron chi connectivity index (χ4n) is 4.17. The molecule has 0 radical (unpaired) electrons. The molecular formula is C22H21N3O3. The van der Waals surface area contributed by atoms with Crippen molar-refractivity contribution in [3.05, 3.63) is 65.2 Å². The summed E-state index contributed by atoms with van der Waals surface area (Å²) in [5.41, 5.74) is 5.09. The van der Waals surface area contributed by atoms with E-state index in [1.54, 1.807) is 4.90 Å². The average molecular weight is 375 g/mol. The van der Waals surface area contributed by atoms with Crippen molar-refractivity contribution < 1.29 is 14.6 Å². The molecule has 1 amide bonds. The molecule has 2 aromatic carbocycles. The molecule has 1 saturated heterocycles. The Hall–Kier alpha value is -3.12. The van der Waals surface area contributed by atoms with Gasteiger partial charge in [0.2, 0.25) is 0 Å². The predicted molar refractivity (Wildman–Crippen MR) is 108 cm³/mol. The Bertz CT molecular complexity index is 1070. The first kappa shape index (κ1) is 17.0. The van der Waals surface area contributed by atoms with Crippen LogP contribution in [0.4, 0.5) is 16.3 Å².